The second-order valence-electron chi connectivity index (χ2n) is 7.36. The largest absolute Gasteiger partial charge is 0.497 e. The SMILES string of the molecule is COc1ccc2[nH]cc(C3CCN(C(=O)CSc4ccccc4C)CC3)c2c1. The number of carbonyl (C=O) groups is 1. The zero-order valence-electron chi connectivity index (χ0n) is 16.4. The highest BCUT2D eigenvalue weighted by Gasteiger charge is 2.25. The van der Waals surface area contributed by atoms with E-state index in [0.717, 1.165) is 37.2 Å². The summed E-state index contributed by atoms with van der Waals surface area (Å²) in [5.74, 6) is 2.12. The first-order chi connectivity index (χ1) is 13.7. The van der Waals surface area contributed by atoms with Gasteiger partial charge in [-0.1, -0.05) is 18.2 Å². The molecule has 2 heterocycles. The van der Waals surface area contributed by atoms with Gasteiger partial charge < -0.3 is 14.6 Å². The van der Waals surface area contributed by atoms with Crippen LogP contribution in [0.15, 0.2) is 53.6 Å². The summed E-state index contributed by atoms with van der Waals surface area (Å²) in [7, 11) is 1.70. The second kappa shape index (κ2) is 8.31. The smallest absolute Gasteiger partial charge is 0.232 e. The summed E-state index contributed by atoms with van der Waals surface area (Å²) in [6.07, 6.45) is 4.14. The third kappa shape index (κ3) is 3.90. The van der Waals surface area contributed by atoms with E-state index in [9.17, 15) is 4.79 Å². The van der Waals surface area contributed by atoms with E-state index >= 15 is 0 Å². The van der Waals surface area contributed by atoms with Crippen molar-refractivity contribution >= 4 is 28.6 Å². The Hall–Kier alpha value is -2.40. The van der Waals surface area contributed by atoms with Crippen LogP contribution in [0.25, 0.3) is 10.9 Å². The molecule has 3 aromatic rings. The fourth-order valence-electron chi connectivity index (χ4n) is 3.98. The van der Waals surface area contributed by atoms with Crippen LogP contribution >= 0.6 is 11.8 Å². The summed E-state index contributed by atoms with van der Waals surface area (Å²) in [6, 6.07) is 14.4. The Balaban J connectivity index is 1.37. The molecule has 5 heteroatoms. The summed E-state index contributed by atoms with van der Waals surface area (Å²) in [5, 5.41) is 1.24. The molecule has 1 fully saturated rings. The Labute approximate surface area is 170 Å². The van der Waals surface area contributed by atoms with E-state index in [0.29, 0.717) is 11.7 Å². The molecule has 146 valence electrons. The maximum atomic E-state index is 12.7. The van der Waals surface area contributed by atoms with E-state index in [2.05, 4.69) is 42.4 Å². The predicted octanol–water partition coefficient (Wildman–Crippen LogP) is 4.98. The van der Waals surface area contributed by atoms with Crippen molar-refractivity contribution in [3.8, 4) is 5.75 Å². The fraction of sp³-hybridized carbons (Fsp3) is 0.348. The molecule has 2 aromatic carbocycles. The first-order valence-electron chi connectivity index (χ1n) is 9.77. The summed E-state index contributed by atoms with van der Waals surface area (Å²) in [4.78, 5) is 19.2. The van der Waals surface area contributed by atoms with Crippen LogP contribution in [0.2, 0.25) is 0 Å². The van der Waals surface area contributed by atoms with E-state index in [-0.39, 0.29) is 5.91 Å². The molecule has 4 rings (SSSR count). The number of ether oxygens (including phenoxy) is 1. The van der Waals surface area contributed by atoms with Crippen molar-refractivity contribution in [2.75, 3.05) is 26.0 Å². The van der Waals surface area contributed by atoms with Gasteiger partial charge in [0.15, 0.2) is 0 Å². The van der Waals surface area contributed by atoms with E-state index in [1.165, 1.54) is 21.4 Å². The van der Waals surface area contributed by atoms with Crippen LogP contribution in [0, 0.1) is 6.92 Å². The van der Waals surface area contributed by atoms with Crippen LogP contribution in [-0.2, 0) is 4.79 Å². The number of aryl methyl sites for hydroxylation is 1. The molecule has 0 radical (unpaired) electrons. The number of H-pyrrole nitrogens is 1. The highest BCUT2D eigenvalue weighted by molar-refractivity contribution is 8.00. The molecule has 0 spiro atoms. The summed E-state index contributed by atoms with van der Waals surface area (Å²) in [6.45, 7) is 3.75. The highest BCUT2D eigenvalue weighted by atomic mass is 32.2. The maximum Gasteiger partial charge on any atom is 0.232 e. The lowest BCUT2D eigenvalue weighted by Gasteiger charge is -2.32. The van der Waals surface area contributed by atoms with Crippen LogP contribution in [0.1, 0.15) is 29.9 Å². The van der Waals surface area contributed by atoms with E-state index in [4.69, 9.17) is 4.74 Å². The van der Waals surface area contributed by atoms with Gasteiger partial charge in [0.1, 0.15) is 5.75 Å². The van der Waals surface area contributed by atoms with Crippen LogP contribution in [0.3, 0.4) is 0 Å². The standard InChI is InChI=1S/C23H26N2O2S/c1-16-5-3-4-6-22(16)28-15-23(26)25-11-9-17(10-12-25)20-14-24-21-8-7-18(27-2)13-19(20)21/h3-8,13-14,17,24H,9-12,15H2,1-2H3. The Morgan fingerprint density at radius 1 is 1.21 bits per heavy atom. The first-order valence-corrected chi connectivity index (χ1v) is 10.8. The number of fused-ring (bicyclic) bond motifs is 1. The van der Waals surface area contributed by atoms with Gasteiger partial charge in [-0.3, -0.25) is 4.79 Å². The number of carbonyl (C=O) groups excluding carboxylic acids is 1. The summed E-state index contributed by atoms with van der Waals surface area (Å²) in [5.41, 5.74) is 3.72. The summed E-state index contributed by atoms with van der Waals surface area (Å²) >= 11 is 1.64. The number of rotatable bonds is 5. The molecular weight excluding hydrogens is 368 g/mol. The van der Waals surface area contributed by atoms with Gasteiger partial charge in [0.25, 0.3) is 0 Å². The minimum absolute atomic E-state index is 0.243. The van der Waals surface area contributed by atoms with Crippen molar-refractivity contribution in [2.24, 2.45) is 0 Å². The molecule has 1 saturated heterocycles. The van der Waals surface area contributed by atoms with Crippen molar-refractivity contribution < 1.29 is 9.53 Å². The van der Waals surface area contributed by atoms with Crippen LogP contribution in [0.5, 0.6) is 5.75 Å². The third-order valence-electron chi connectivity index (χ3n) is 5.65. The van der Waals surface area contributed by atoms with Crippen molar-refractivity contribution in [1.29, 1.82) is 0 Å². The van der Waals surface area contributed by atoms with Gasteiger partial charge in [-0.05, 0) is 61.1 Å². The Morgan fingerprint density at radius 2 is 2.00 bits per heavy atom. The molecule has 0 unspecified atom stereocenters. The zero-order chi connectivity index (χ0) is 19.5. The lowest BCUT2D eigenvalue weighted by molar-refractivity contribution is -0.129. The van der Waals surface area contributed by atoms with Gasteiger partial charge in [0.05, 0.1) is 12.9 Å². The Morgan fingerprint density at radius 3 is 2.75 bits per heavy atom. The number of nitrogens with one attached hydrogen (secondary N) is 1. The third-order valence-corrected chi connectivity index (χ3v) is 6.81. The van der Waals surface area contributed by atoms with Crippen molar-refractivity contribution in [1.82, 2.24) is 9.88 Å². The normalized spacial score (nSPS) is 15.1. The number of aromatic nitrogens is 1. The fourth-order valence-corrected chi connectivity index (χ4v) is 4.91. The molecule has 0 aliphatic carbocycles. The monoisotopic (exact) mass is 394 g/mol. The number of benzene rings is 2. The highest BCUT2D eigenvalue weighted by Crippen LogP contribution is 2.35. The molecule has 1 aliphatic rings. The summed E-state index contributed by atoms with van der Waals surface area (Å²) < 4.78 is 5.39. The molecule has 1 N–H and O–H groups in total. The van der Waals surface area contributed by atoms with Gasteiger partial charge in [0, 0.05) is 35.1 Å². The number of amides is 1. The molecular formula is C23H26N2O2S. The van der Waals surface area contributed by atoms with Crippen molar-refractivity contribution in [2.45, 2.75) is 30.6 Å². The number of aromatic amines is 1. The van der Waals surface area contributed by atoms with Gasteiger partial charge in [-0.25, -0.2) is 0 Å². The topological polar surface area (TPSA) is 45.3 Å². The molecule has 1 amide bonds. The van der Waals surface area contributed by atoms with E-state index < -0.39 is 0 Å². The Kier molecular flexibility index (Phi) is 5.62. The lowest BCUT2D eigenvalue weighted by atomic mass is 9.89. The average molecular weight is 395 g/mol. The molecule has 0 atom stereocenters. The van der Waals surface area contributed by atoms with Crippen LogP contribution in [-0.4, -0.2) is 41.7 Å². The van der Waals surface area contributed by atoms with Gasteiger partial charge in [0.2, 0.25) is 5.91 Å². The van der Waals surface area contributed by atoms with Gasteiger partial charge in [-0.2, -0.15) is 0 Å². The minimum atomic E-state index is 0.243. The number of methoxy groups -OCH3 is 1. The number of hydrogen-bond donors (Lipinski definition) is 1. The molecule has 28 heavy (non-hydrogen) atoms. The van der Waals surface area contributed by atoms with Crippen molar-refractivity contribution in [3.05, 3.63) is 59.8 Å². The van der Waals surface area contributed by atoms with E-state index in [1.54, 1.807) is 18.9 Å². The number of thioether (sulfide) groups is 1. The molecule has 0 saturated carbocycles. The van der Waals surface area contributed by atoms with Gasteiger partial charge in [-0.15, -0.1) is 11.8 Å². The number of nitrogens with zero attached hydrogens (tertiary/aromatic N) is 1. The maximum absolute atomic E-state index is 12.7. The lowest BCUT2D eigenvalue weighted by Crippen LogP contribution is -2.38. The predicted molar refractivity (Wildman–Crippen MR) is 115 cm³/mol. The first kappa shape index (κ1) is 18.9. The Bertz CT molecular complexity index is 974. The second-order valence-corrected chi connectivity index (χ2v) is 8.38. The van der Waals surface area contributed by atoms with E-state index in [1.807, 2.05) is 23.1 Å². The van der Waals surface area contributed by atoms with Crippen LogP contribution in [0.4, 0.5) is 0 Å². The molecule has 4 nitrogen and oxygen atoms in total. The quantitative estimate of drug-likeness (QED) is 0.621. The van der Waals surface area contributed by atoms with Crippen molar-refractivity contribution in [3.63, 3.8) is 0 Å². The number of piperidine rings is 1. The number of likely N-dealkylation sites (tertiary alicyclic amines) is 1. The number of hydrogen-bond acceptors (Lipinski definition) is 3. The molecule has 1 aromatic heterocycles. The zero-order valence-corrected chi connectivity index (χ0v) is 17.2. The molecule has 0 bridgehead atoms. The van der Waals surface area contributed by atoms with Crippen LogP contribution < -0.4 is 4.74 Å². The molecule has 1 aliphatic heterocycles. The minimum Gasteiger partial charge on any atom is -0.497 e. The van der Waals surface area contributed by atoms with Gasteiger partial charge >= 0.3 is 0 Å². The average Bonchev–Trinajstić information content (AvgIpc) is 3.16.